The average Bonchev–Trinajstić information content (AvgIpc) is 2.19. The van der Waals surface area contributed by atoms with Crippen molar-refractivity contribution in [1.82, 2.24) is 4.90 Å². The molecule has 3 unspecified atom stereocenters. The van der Waals surface area contributed by atoms with Gasteiger partial charge in [0.1, 0.15) is 0 Å². The Kier molecular flexibility index (Phi) is 4.44. The Morgan fingerprint density at radius 2 is 2.36 bits per heavy atom. The molecule has 1 fully saturated rings. The summed E-state index contributed by atoms with van der Waals surface area (Å²) in [7, 11) is 0. The zero-order chi connectivity index (χ0) is 10.6. The minimum Gasteiger partial charge on any atom is -0.327 e. The fourth-order valence-electron chi connectivity index (χ4n) is 2.12. The number of piperidine rings is 1. The van der Waals surface area contributed by atoms with Crippen molar-refractivity contribution in [3.05, 3.63) is 0 Å². The number of hydrogen-bond donors (Lipinski definition) is 1. The first-order chi connectivity index (χ1) is 6.69. The molecule has 14 heavy (non-hydrogen) atoms. The molecule has 0 bridgehead atoms. The van der Waals surface area contributed by atoms with E-state index < -0.39 is 0 Å². The molecule has 0 aromatic carbocycles. The molecule has 1 rings (SSSR count). The van der Waals surface area contributed by atoms with E-state index in [0.29, 0.717) is 18.0 Å². The van der Waals surface area contributed by atoms with Gasteiger partial charge < -0.3 is 5.73 Å². The zero-order valence-corrected chi connectivity index (χ0v) is 9.37. The molecule has 0 amide bonds. The average molecular weight is 194 g/mol. The lowest BCUT2D eigenvalue weighted by Crippen LogP contribution is -2.49. The molecule has 80 valence electrons. The Bertz CT molecular complexity index is 207. The van der Waals surface area contributed by atoms with Gasteiger partial charge in [0, 0.05) is 19.1 Å². The number of rotatable bonds is 3. The van der Waals surface area contributed by atoms with Crippen molar-refractivity contribution in [2.24, 2.45) is 11.7 Å². The third-order valence-corrected chi connectivity index (χ3v) is 3.20. The van der Waals surface area contributed by atoms with Gasteiger partial charge in [-0.1, -0.05) is 26.2 Å². The monoisotopic (exact) mass is 194 g/mol. The first-order valence-electron chi connectivity index (χ1n) is 5.64. The van der Waals surface area contributed by atoms with Gasteiger partial charge in [0.2, 0.25) is 0 Å². The number of nitrogens with zero attached hydrogens (tertiary/aromatic N) is 1. The minimum atomic E-state index is 0.329. The molecule has 1 aliphatic heterocycles. The van der Waals surface area contributed by atoms with E-state index in [9.17, 15) is 0 Å². The van der Waals surface area contributed by atoms with Gasteiger partial charge >= 0.3 is 0 Å². The molecular weight excluding hydrogens is 172 g/mol. The molecule has 2 nitrogen and oxygen atoms in total. The van der Waals surface area contributed by atoms with Crippen LogP contribution in [0, 0.1) is 18.3 Å². The molecule has 0 saturated carbocycles. The lowest BCUT2D eigenvalue weighted by atomic mass is 9.93. The maximum Gasteiger partial charge on any atom is 0.0711 e. The van der Waals surface area contributed by atoms with Crippen LogP contribution in [-0.2, 0) is 0 Å². The highest BCUT2D eigenvalue weighted by Crippen LogP contribution is 2.18. The van der Waals surface area contributed by atoms with Gasteiger partial charge in [-0.3, -0.25) is 4.90 Å². The van der Waals surface area contributed by atoms with E-state index in [-0.39, 0.29) is 0 Å². The maximum atomic E-state index is 5.98. The van der Waals surface area contributed by atoms with Gasteiger partial charge in [-0.2, -0.15) is 0 Å². The summed E-state index contributed by atoms with van der Waals surface area (Å²) in [5.74, 6) is 3.47. The topological polar surface area (TPSA) is 29.3 Å². The van der Waals surface area contributed by atoms with Gasteiger partial charge in [0.05, 0.1) is 6.04 Å². The molecule has 2 N–H and O–H groups in total. The summed E-state index contributed by atoms with van der Waals surface area (Å²) in [5, 5.41) is 0. The summed E-state index contributed by atoms with van der Waals surface area (Å²) in [6.45, 7) is 6.54. The second kappa shape index (κ2) is 5.38. The Labute approximate surface area is 87.8 Å². The molecule has 0 radical (unpaired) electrons. The molecule has 0 aromatic heterocycles. The quantitative estimate of drug-likeness (QED) is 0.689. The van der Waals surface area contributed by atoms with Crippen LogP contribution in [0.3, 0.4) is 0 Å². The molecule has 1 aliphatic rings. The maximum absolute atomic E-state index is 5.98. The summed E-state index contributed by atoms with van der Waals surface area (Å²) in [6, 6.07) is 0.696. The van der Waals surface area contributed by atoms with Crippen molar-refractivity contribution in [3.63, 3.8) is 0 Å². The van der Waals surface area contributed by atoms with E-state index in [1.807, 2.05) is 0 Å². The third kappa shape index (κ3) is 2.73. The van der Waals surface area contributed by atoms with E-state index >= 15 is 0 Å². The van der Waals surface area contributed by atoms with E-state index in [1.165, 1.54) is 0 Å². The second-order valence-corrected chi connectivity index (χ2v) is 4.40. The number of terminal acetylenes is 1. The number of hydrogen-bond acceptors (Lipinski definition) is 2. The van der Waals surface area contributed by atoms with Crippen LogP contribution in [0.4, 0.5) is 0 Å². The van der Waals surface area contributed by atoms with Crippen molar-refractivity contribution in [2.45, 2.75) is 45.2 Å². The fraction of sp³-hybridized carbons (Fsp3) is 0.833. The zero-order valence-electron chi connectivity index (χ0n) is 9.37. The first kappa shape index (κ1) is 11.6. The molecule has 0 aliphatic carbocycles. The predicted octanol–water partition coefficient (Wildman–Crippen LogP) is 1.46. The normalized spacial score (nSPS) is 31.0. The van der Waals surface area contributed by atoms with Crippen molar-refractivity contribution in [2.75, 3.05) is 13.1 Å². The van der Waals surface area contributed by atoms with Gasteiger partial charge in [0.25, 0.3) is 0 Å². The van der Waals surface area contributed by atoms with E-state index in [4.69, 9.17) is 12.2 Å². The Morgan fingerprint density at radius 1 is 1.64 bits per heavy atom. The summed E-state index contributed by atoms with van der Waals surface area (Å²) >= 11 is 0. The fourth-order valence-corrected chi connectivity index (χ4v) is 2.12. The lowest BCUT2D eigenvalue weighted by Gasteiger charge is -2.38. The van der Waals surface area contributed by atoms with Gasteiger partial charge in [-0.05, 0) is 18.8 Å². The van der Waals surface area contributed by atoms with E-state index in [2.05, 4.69) is 24.7 Å². The standard InChI is InChI=1S/C12H22N2/c1-4-6-11(5-2)14-8-7-12(13)10(3)9-14/h2,10-12H,4,6-9,13H2,1,3H3. The van der Waals surface area contributed by atoms with Crippen LogP contribution in [0.15, 0.2) is 0 Å². The van der Waals surface area contributed by atoms with E-state index in [0.717, 1.165) is 32.4 Å². The predicted molar refractivity (Wildman–Crippen MR) is 60.9 cm³/mol. The number of likely N-dealkylation sites (tertiary alicyclic amines) is 1. The second-order valence-electron chi connectivity index (χ2n) is 4.40. The summed E-state index contributed by atoms with van der Waals surface area (Å²) in [4.78, 5) is 2.41. The van der Waals surface area contributed by atoms with Crippen molar-refractivity contribution < 1.29 is 0 Å². The van der Waals surface area contributed by atoms with Crippen LogP contribution in [0.5, 0.6) is 0 Å². The Morgan fingerprint density at radius 3 is 2.86 bits per heavy atom. The number of nitrogens with two attached hydrogens (primary N) is 1. The smallest absolute Gasteiger partial charge is 0.0711 e. The summed E-state index contributed by atoms with van der Waals surface area (Å²) in [6.07, 6.45) is 8.90. The first-order valence-corrected chi connectivity index (χ1v) is 5.64. The third-order valence-electron chi connectivity index (χ3n) is 3.20. The summed E-state index contributed by atoms with van der Waals surface area (Å²) in [5.41, 5.74) is 5.98. The van der Waals surface area contributed by atoms with Crippen LogP contribution in [0.2, 0.25) is 0 Å². The van der Waals surface area contributed by atoms with E-state index in [1.54, 1.807) is 0 Å². The van der Waals surface area contributed by atoms with Crippen molar-refractivity contribution in [3.8, 4) is 12.3 Å². The minimum absolute atomic E-state index is 0.329. The highest BCUT2D eigenvalue weighted by Gasteiger charge is 2.26. The molecule has 3 atom stereocenters. The SMILES string of the molecule is C#CC(CCC)N1CCC(N)C(C)C1. The molecule has 1 saturated heterocycles. The van der Waals surface area contributed by atoms with Crippen LogP contribution in [-0.4, -0.2) is 30.1 Å². The summed E-state index contributed by atoms with van der Waals surface area (Å²) < 4.78 is 0. The van der Waals surface area contributed by atoms with Crippen LogP contribution in [0.25, 0.3) is 0 Å². The van der Waals surface area contributed by atoms with Crippen molar-refractivity contribution >= 4 is 0 Å². The largest absolute Gasteiger partial charge is 0.327 e. The highest BCUT2D eigenvalue weighted by molar-refractivity contribution is 5.01. The van der Waals surface area contributed by atoms with Gasteiger partial charge in [-0.25, -0.2) is 0 Å². The van der Waals surface area contributed by atoms with Crippen LogP contribution in [0.1, 0.15) is 33.1 Å². The highest BCUT2D eigenvalue weighted by atomic mass is 15.2. The molecule has 0 aromatic rings. The van der Waals surface area contributed by atoms with Crippen LogP contribution >= 0.6 is 0 Å². The molecule has 0 spiro atoms. The Balaban J connectivity index is 2.48. The molecular formula is C12H22N2. The lowest BCUT2D eigenvalue weighted by molar-refractivity contribution is 0.135. The molecule has 2 heteroatoms. The van der Waals surface area contributed by atoms with Crippen molar-refractivity contribution in [1.29, 1.82) is 0 Å². The van der Waals surface area contributed by atoms with Gasteiger partial charge in [0.15, 0.2) is 0 Å². The molecule has 1 heterocycles. The Hall–Kier alpha value is -0.520. The van der Waals surface area contributed by atoms with Gasteiger partial charge in [-0.15, -0.1) is 6.42 Å². The van der Waals surface area contributed by atoms with Crippen LogP contribution < -0.4 is 5.73 Å².